The van der Waals surface area contributed by atoms with E-state index in [0.29, 0.717) is 0 Å². The molecule has 0 radical (unpaired) electrons. The Labute approximate surface area is 115 Å². The molecule has 0 aliphatic carbocycles. The lowest BCUT2D eigenvalue weighted by Crippen LogP contribution is -2.45. The molecule has 3 unspecified atom stereocenters. The van der Waals surface area contributed by atoms with Gasteiger partial charge in [0.15, 0.2) is 0 Å². The van der Waals surface area contributed by atoms with Crippen molar-refractivity contribution >= 4 is 5.91 Å². The molecule has 0 saturated heterocycles. The van der Waals surface area contributed by atoms with Gasteiger partial charge in [0.2, 0.25) is 5.91 Å². The standard InChI is InChI=1S/C15H24N2O2/c1-5-10(2)14(16)15(18)17-11(3)12-6-8-13(19-4)9-7-12/h6-11,14H,5,16H2,1-4H3,(H,17,18). The number of carbonyl (C=O) groups is 1. The highest BCUT2D eigenvalue weighted by Crippen LogP contribution is 2.17. The van der Waals surface area contributed by atoms with Crippen molar-refractivity contribution in [3.8, 4) is 5.75 Å². The van der Waals surface area contributed by atoms with Crippen molar-refractivity contribution in [2.45, 2.75) is 39.3 Å². The van der Waals surface area contributed by atoms with Crippen LogP contribution in [-0.4, -0.2) is 19.1 Å². The lowest BCUT2D eigenvalue weighted by atomic mass is 9.98. The number of hydrogen-bond donors (Lipinski definition) is 2. The molecule has 0 aliphatic heterocycles. The molecular weight excluding hydrogens is 240 g/mol. The topological polar surface area (TPSA) is 64.4 Å². The molecule has 0 aromatic heterocycles. The largest absolute Gasteiger partial charge is 0.497 e. The number of hydrogen-bond acceptors (Lipinski definition) is 3. The van der Waals surface area contributed by atoms with Crippen LogP contribution in [-0.2, 0) is 4.79 Å². The van der Waals surface area contributed by atoms with Gasteiger partial charge in [-0.15, -0.1) is 0 Å². The number of ether oxygens (including phenoxy) is 1. The monoisotopic (exact) mass is 264 g/mol. The second-order valence-electron chi connectivity index (χ2n) is 4.91. The predicted molar refractivity (Wildman–Crippen MR) is 77.0 cm³/mol. The van der Waals surface area contributed by atoms with Crippen LogP contribution in [0.3, 0.4) is 0 Å². The molecule has 0 heterocycles. The van der Waals surface area contributed by atoms with Gasteiger partial charge in [-0.2, -0.15) is 0 Å². The Kier molecular flexibility index (Phi) is 5.83. The lowest BCUT2D eigenvalue weighted by Gasteiger charge is -2.21. The third kappa shape index (κ3) is 4.24. The summed E-state index contributed by atoms with van der Waals surface area (Å²) in [6.45, 7) is 5.97. The van der Waals surface area contributed by atoms with Gasteiger partial charge in [0, 0.05) is 0 Å². The molecule has 0 saturated carbocycles. The Morgan fingerprint density at radius 3 is 2.37 bits per heavy atom. The highest BCUT2D eigenvalue weighted by atomic mass is 16.5. The molecule has 1 aromatic rings. The van der Waals surface area contributed by atoms with Crippen LogP contribution in [0.2, 0.25) is 0 Å². The van der Waals surface area contributed by atoms with Crippen molar-refractivity contribution in [1.82, 2.24) is 5.32 Å². The molecule has 3 N–H and O–H groups in total. The minimum atomic E-state index is -0.453. The fraction of sp³-hybridized carbons (Fsp3) is 0.533. The molecule has 19 heavy (non-hydrogen) atoms. The second kappa shape index (κ2) is 7.14. The summed E-state index contributed by atoms with van der Waals surface area (Å²) < 4.78 is 5.11. The van der Waals surface area contributed by atoms with E-state index in [9.17, 15) is 4.79 Å². The van der Waals surface area contributed by atoms with Gasteiger partial charge >= 0.3 is 0 Å². The number of carbonyl (C=O) groups excluding carboxylic acids is 1. The first-order valence-corrected chi connectivity index (χ1v) is 6.69. The third-order valence-electron chi connectivity index (χ3n) is 3.53. The van der Waals surface area contributed by atoms with Crippen molar-refractivity contribution in [3.05, 3.63) is 29.8 Å². The quantitative estimate of drug-likeness (QED) is 0.828. The minimum Gasteiger partial charge on any atom is -0.497 e. The summed E-state index contributed by atoms with van der Waals surface area (Å²) in [5.41, 5.74) is 6.94. The number of rotatable bonds is 6. The van der Waals surface area contributed by atoms with Crippen molar-refractivity contribution in [1.29, 1.82) is 0 Å². The normalized spacial score (nSPS) is 15.4. The van der Waals surface area contributed by atoms with Crippen LogP contribution < -0.4 is 15.8 Å². The molecule has 1 aromatic carbocycles. The van der Waals surface area contributed by atoms with Crippen LogP contribution in [0.25, 0.3) is 0 Å². The van der Waals surface area contributed by atoms with Crippen molar-refractivity contribution in [2.24, 2.45) is 11.7 Å². The first-order valence-electron chi connectivity index (χ1n) is 6.69. The van der Waals surface area contributed by atoms with Gasteiger partial charge in [-0.25, -0.2) is 0 Å². The zero-order chi connectivity index (χ0) is 14.4. The van der Waals surface area contributed by atoms with E-state index in [2.05, 4.69) is 5.32 Å². The van der Waals surface area contributed by atoms with Gasteiger partial charge in [-0.1, -0.05) is 32.4 Å². The van der Waals surface area contributed by atoms with Gasteiger partial charge in [-0.3, -0.25) is 4.79 Å². The van der Waals surface area contributed by atoms with Crippen LogP contribution in [0.15, 0.2) is 24.3 Å². The lowest BCUT2D eigenvalue weighted by molar-refractivity contribution is -0.124. The van der Waals surface area contributed by atoms with Gasteiger partial charge in [0.25, 0.3) is 0 Å². The Morgan fingerprint density at radius 2 is 1.89 bits per heavy atom. The number of nitrogens with two attached hydrogens (primary N) is 1. The first-order chi connectivity index (χ1) is 8.99. The molecule has 0 fully saturated rings. The minimum absolute atomic E-state index is 0.0616. The van der Waals surface area contributed by atoms with Crippen molar-refractivity contribution in [3.63, 3.8) is 0 Å². The van der Waals surface area contributed by atoms with Gasteiger partial charge in [0.05, 0.1) is 19.2 Å². The zero-order valence-corrected chi connectivity index (χ0v) is 12.1. The summed E-state index contributed by atoms with van der Waals surface area (Å²) >= 11 is 0. The number of nitrogens with one attached hydrogen (secondary N) is 1. The van der Waals surface area contributed by atoms with E-state index in [4.69, 9.17) is 10.5 Å². The van der Waals surface area contributed by atoms with Gasteiger partial charge in [-0.05, 0) is 30.5 Å². The molecule has 106 valence electrons. The summed E-state index contributed by atoms with van der Waals surface area (Å²) in [5, 5.41) is 2.94. The Balaban J connectivity index is 2.63. The zero-order valence-electron chi connectivity index (χ0n) is 12.1. The molecule has 0 spiro atoms. The molecular formula is C15H24N2O2. The Hall–Kier alpha value is -1.55. The third-order valence-corrected chi connectivity index (χ3v) is 3.53. The Bertz CT molecular complexity index is 403. The first kappa shape index (κ1) is 15.5. The molecule has 3 atom stereocenters. The van der Waals surface area contributed by atoms with E-state index in [1.165, 1.54) is 0 Å². The van der Waals surface area contributed by atoms with Crippen molar-refractivity contribution < 1.29 is 9.53 Å². The molecule has 1 rings (SSSR count). The summed E-state index contributed by atoms with van der Waals surface area (Å²) in [6, 6.07) is 7.13. The maximum atomic E-state index is 12.0. The van der Waals surface area contributed by atoms with Crippen LogP contribution in [0.5, 0.6) is 5.75 Å². The van der Waals surface area contributed by atoms with E-state index in [0.717, 1.165) is 17.7 Å². The van der Waals surface area contributed by atoms with Crippen LogP contribution in [0.1, 0.15) is 38.8 Å². The molecule has 0 aliphatic rings. The Morgan fingerprint density at radius 1 is 1.32 bits per heavy atom. The van der Waals surface area contributed by atoms with E-state index in [-0.39, 0.29) is 17.9 Å². The smallest absolute Gasteiger partial charge is 0.237 e. The maximum Gasteiger partial charge on any atom is 0.237 e. The number of benzene rings is 1. The van der Waals surface area contributed by atoms with Gasteiger partial charge in [0.1, 0.15) is 5.75 Å². The summed E-state index contributed by atoms with van der Waals surface area (Å²) in [7, 11) is 1.63. The molecule has 1 amide bonds. The summed E-state index contributed by atoms with van der Waals surface area (Å²) in [5.74, 6) is 0.888. The van der Waals surface area contributed by atoms with Crippen LogP contribution in [0.4, 0.5) is 0 Å². The van der Waals surface area contributed by atoms with Crippen molar-refractivity contribution in [2.75, 3.05) is 7.11 Å². The highest BCUT2D eigenvalue weighted by molar-refractivity contribution is 5.82. The molecule has 0 bridgehead atoms. The van der Waals surface area contributed by atoms with Gasteiger partial charge < -0.3 is 15.8 Å². The average molecular weight is 264 g/mol. The fourth-order valence-electron chi connectivity index (χ4n) is 1.80. The van der Waals surface area contributed by atoms with E-state index in [1.807, 2.05) is 45.0 Å². The van der Waals surface area contributed by atoms with E-state index < -0.39 is 6.04 Å². The molecule has 4 nitrogen and oxygen atoms in total. The highest BCUT2D eigenvalue weighted by Gasteiger charge is 2.21. The summed E-state index contributed by atoms with van der Waals surface area (Å²) in [4.78, 5) is 12.0. The van der Waals surface area contributed by atoms with E-state index in [1.54, 1.807) is 7.11 Å². The van der Waals surface area contributed by atoms with Crippen LogP contribution in [0, 0.1) is 5.92 Å². The molecule has 4 heteroatoms. The maximum absolute atomic E-state index is 12.0. The summed E-state index contributed by atoms with van der Waals surface area (Å²) in [6.07, 6.45) is 0.894. The second-order valence-corrected chi connectivity index (χ2v) is 4.91. The number of methoxy groups -OCH3 is 1. The van der Waals surface area contributed by atoms with Crippen LogP contribution >= 0.6 is 0 Å². The number of amides is 1. The SMILES string of the molecule is CCC(C)C(N)C(=O)NC(C)c1ccc(OC)cc1. The van der Waals surface area contributed by atoms with E-state index >= 15 is 0 Å². The average Bonchev–Trinajstić information content (AvgIpc) is 2.45. The fourth-order valence-corrected chi connectivity index (χ4v) is 1.80. The predicted octanol–water partition coefficient (Wildman–Crippen LogP) is 2.25.